The Kier molecular flexibility index (Phi) is 4.75. The molecule has 2 heterocycles. The molecule has 0 atom stereocenters. The first-order valence-corrected chi connectivity index (χ1v) is 9.96. The van der Waals surface area contributed by atoms with E-state index in [4.69, 9.17) is 9.15 Å². The van der Waals surface area contributed by atoms with Gasteiger partial charge >= 0.3 is 0 Å². The smallest absolute Gasteiger partial charge is 0.176 e. The van der Waals surface area contributed by atoms with Crippen LogP contribution in [0.2, 0.25) is 0 Å². The van der Waals surface area contributed by atoms with Crippen molar-refractivity contribution >= 4 is 11.0 Å². The molecular formula is C25H21F2NO2. The summed E-state index contributed by atoms with van der Waals surface area (Å²) < 4.78 is 39.8. The number of ether oxygens (including phenoxy) is 1. The van der Waals surface area contributed by atoms with E-state index in [9.17, 15) is 8.78 Å². The monoisotopic (exact) mass is 405 g/mol. The molecule has 0 amide bonds. The molecular weight excluding hydrogens is 384 g/mol. The molecule has 0 unspecified atom stereocenters. The number of rotatable bonds is 4. The Bertz CT molecular complexity index is 1210. The van der Waals surface area contributed by atoms with E-state index in [-0.39, 0.29) is 11.3 Å². The fraction of sp³-hybridized carbons (Fsp3) is 0.200. The summed E-state index contributed by atoms with van der Waals surface area (Å²) in [7, 11) is 1.57. The van der Waals surface area contributed by atoms with Crippen LogP contribution in [0.4, 0.5) is 8.78 Å². The third-order valence-electron chi connectivity index (χ3n) is 5.69. The lowest BCUT2D eigenvalue weighted by Gasteiger charge is -2.28. The molecule has 30 heavy (non-hydrogen) atoms. The third kappa shape index (κ3) is 3.35. The van der Waals surface area contributed by atoms with Crippen LogP contribution >= 0.6 is 0 Å². The second-order valence-electron chi connectivity index (χ2n) is 7.65. The maximum Gasteiger partial charge on any atom is 0.176 e. The topological polar surface area (TPSA) is 25.6 Å². The van der Waals surface area contributed by atoms with Crippen molar-refractivity contribution in [1.82, 2.24) is 4.90 Å². The number of furan rings is 1. The third-order valence-corrected chi connectivity index (χ3v) is 5.69. The molecule has 4 aromatic rings. The predicted molar refractivity (Wildman–Crippen MR) is 112 cm³/mol. The quantitative estimate of drug-likeness (QED) is 0.420. The number of hydrogen-bond donors (Lipinski definition) is 0. The molecule has 3 aromatic carbocycles. The van der Waals surface area contributed by atoms with E-state index in [1.54, 1.807) is 13.2 Å². The summed E-state index contributed by atoms with van der Waals surface area (Å²) in [6.07, 6.45) is 1.03. The number of methoxy groups -OCH3 is 1. The molecule has 0 saturated heterocycles. The summed E-state index contributed by atoms with van der Waals surface area (Å²) >= 11 is 0. The molecule has 3 nitrogen and oxygen atoms in total. The summed E-state index contributed by atoms with van der Waals surface area (Å²) in [5.74, 6) is -0.591. The highest BCUT2D eigenvalue weighted by molar-refractivity contribution is 5.88. The van der Waals surface area contributed by atoms with Gasteiger partial charge in [0.2, 0.25) is 0 Å². The SMILES string of the molecule is COc1cc(CN2CCc3ccccc3C2)cc2cc(-c3c(F)cccc3F)oc12. The lowest BCUT2D eigenvalue weighted by molar-refractivity contribution is 0.245. The minimum atomic E-state index is -0.653. The van der Waals surface area contributed by atoms with Gasteiger partial charge in [-0.05, 0) is 53.4 Å². The number of hydrogen-bond acceptors (Lipinski definition) is 3. The zero-order chi connectivity index (χ0) is 20.7. The molecule has 0 spiro atoms. The first-order chi connectivity index (χ1) is 14.6. The molecule has 0 aliphatic carbocycles. The van der Waals surface area contributed by atoms with Gasteiger partial charge in [0.05, 0.1) is 12.7 Å². The zero-order valence-corrected chi connectivity index (χ0v) is 16.6. The van der Waals surface area contributed by atoms with E-state index in [1.165, 1.54) is 29.3 Å². The maximum absolute atomic E-state index is 14.2. The summed E-state index contributed by atoms with van der Waals surface area (Å²) in [5, 5.41) is 0.763. The lowest BCUT2D eigenvalue weighted by Crippen LogP contribution is -2.29. The van der Waals surface area contributed by atoms with Crippen molar-refractivity contribution in [2.24, 2.45) is 0 Å². The normalized spacial score (nSPS) is 14.1. The number of nitrogens with zero attached hydrogens (tertiary/aromatic N) is 1. The molecule has 152 valence electrons. The molecule has 0 radical (unpaired) electrons. The molecule has 1 aliphatic heterocycles. The van der Waals surface area contributed by atoms with Gasteiger partial charge in [0.1, 0.15) is 17.4 Å². The summed E-state index contributed by atoms with van der Waals surface area (Å²) in [6.45, 7) is 2.64. The Balaban J connectivity index is 1.49. The van der Waals surface area contributed by atoms with Gasteiger partial charge in [-0.3, -0.25) is 4.90 Å². The van der Waals surface area contributed by atoms with Gasteiger partial charge in [0.25, 0.3) is 0 Å². The van der Waals surface area contributed by atoms with Crippen molar-refractivity contribution < 1.29 is 17.9 Å². The molecule has 0 N–H and O–H groups in total. The molecule has 0 fully saturated rings. The van der Waals surface area contributed by atoms with E-state index in [1.807, 2.05) is 12.1 Å². The van der Waals surface area contributed by atoms with Crippen LogP contribution in [-0.2, 0) is 19.5 Å². The van der Waals surface area contributed by atoms with Gasteiger partial charge in [-0.1, -0.05) is 30.3 Å². The minimum Gasteiger partial charge on any atom is -0.493 e. The van der Waals surface area contributed by atoms with E-state index in [2.05, 4.69) is 29.2 Å². The highest BCUT2D eigenvalue weighted by atomic mass is 19.1. The summed E-state index contributed by atoms with van der Waals surface area (Å²) in [6, 6.07) is 17.9. The van der Waals surface area contributed by atoms with Gasteiger partial charge in [-0.25, -0.2) is 8.78 Å². The van der Waals surface area contributed by atoms with Crippen LogP contribution in [0.5, 0.6) is 5.75 Å². The van der Waals surface area contributed by atoms with Crippen molar-refractivity contribution in [3.8, 4) is 17.1 Å². The highest BCUT2D eigenvalue weighted by Crippen LogP contribution is 2.37. The van der Waals surface area contributed by atoms with E-state index >= 15 is 0 Å². The summed E-state index contributed by atoms with van der Waals surface area (Å²) in [5.41, 5.74) is 4.17. The second kappa shape index (κ2) is 7.58. The Hall–Kier alpha value is -3.18. The van der Waals surface area contributed by atoms with Crippen LogP contribution in [0.15, 0.2) is 65.1 Å². The Morgan fingerprint density at radius 2 is 1.73 bits per heavy atom. The van der Waals surface area contributed by atoms with Crippen LogP contribution in [-0.4, -0.2) is 18.6 Å². The van der Waals surface area contributed by atoms with Crippen LogP contribution < -0.4 is 4.74 Å². The van der Waals surface area contributed by atoms with Crippen molar-refractivity contribution in [3.63, 3.8) is 0 Å². The molecule has 5 heteroatoms. The van der Waals surface area contributed by atoms with Gasteiger partial charge < -0.3 is 9.15 Å². The number of benzene rings is 3. The van der Waals surface area contributed by atoms with Crippen LogP contribution in [0, 0.1) is 11.6 Å². The van der Waals surface area contributed by atoms with Gasteiger partial charge in [-0.2, -0.15) is 0 Å². The number of fused-ring (bicyclic) bond motifs is 2. The van der Waals surface area contributed by atoms with E-state index < -0.39 is 11.6 Å². The molecule has 1 aromatic heterocycles. The van der Waals surface area contributed by atoms with Gasteiger partial charge in [-0.15, -0.1) is 0 Å². The Morgan fingerprint density at radius 3 is 2.50 bits per heavy atom. The molecule has 5 rings (SSSR count). The van der Waals surface area contributed by atoms with E-state index in [0.717, 1.165) is 37.0 Å². The van der Waals surface area contributed by atoms with Crippen LogP contribution in [0.3, 0.4) is 0 Å². The fourth-order valence-corrected chi connectivity index (χ4v) is 4.23. The molecule has 1 aliphatic rings. The average molecular weight is 405 g/mol. The minimum absolute atomic E-state index is 0.156. The van der Waals surface area contributed by atoms with Crippen molar-refractivity contribution in [2.45, 2.75) is 19.5 Å². The standard InChI is InChI=1S/C25H21F2NO2/c1-29-23-12-16(14-28-10-9-17-5-2-3-6-18(17)15-28)11-19-13-22(30-25(19)23)24-20(26)7-4-8-21(24)27/h2-8,11-13H,9-10,14-15H2,1H3. The maximum atomic E-state index is 14.2. The van der Waals surface area contributed by atoms with Crippen molar-refractivity contribution in [2.75, 3.05) is 13.7 Å². The summed E-state index contributed by atoms with van der Waals surface area (Å²) in [4.78, 5) is 2.39. The number of halogens is 2. The van der Waals surface area contributed by atoms with E-state index in [0.29, 0.717) is 11.3 Å². The fourth-order valence-electron chi connectivity index (χ4n) is 4.23. The van der Waals surface area contributed by atoms with Crippen LogP contribution in [0.25, 0.3) is 22.3 Å². The zero-order valence-electron chi connectivity index (χ0n) is 16.6. The lowest BCUT2D eigenvalue weighted by atomic mass is 9.99. The average Bonchev–Trinajstić information content (AvgIpc) is 3.16. The molecule has 0 saturated carbocycles. The van der Waals surface area contributed by atoms with Gasteiger partial charge in [0, 0.05) is 25.0 Å². The van der Waals surface area contributed by atoms with Gasteiger partial charge in [0.15, 0.2) is 11.3 Å². The Labute approximate surface area is 173 Å². The second-order valence-corrected chi connectivity index (χ2v) is 7.65. The first kappa shape index (κ1) is 18.8. The largest absolute Gasteiger partial charge is 0.493 e. The van der Waals surface area contributed by atoms with Crippen molar-refractivity contribution in [3.05, 3.63) is 89.0 Å². The predicted octanol–water partition coefficient (Wildman–Crippen LogP) is 5.94. The first-order valence-electron chi connectivity index (χ1n) is 9.96. The highest BCUT2D eigenvalue weighted by Gasteiger charge is 2.20. The Morgan fingerprint density at radius 1 is 0.967 bits per heavy atom. The molecule has 0 bridgehead atoms. The van der Waals surface area contributed by atoms with Crippen LogP contribution in [0.1, 0.15) is 16.7 Å². The van der Waals surface area contributed by atoms with Crippen molar-refractivity contribution in [1.29, 1.82) is 0 Å².